The first-order valence-corrected chi connectivity index (χ1v) is 9.66. The van der Waals surface area contributed by atoms with Crippen LogP contribution in [-0.2, 0) is 6.54 Å². The molecule has 8 heteroatoms. The Balaban J connectivity index is 1.38. The summed E-state index contributed by atoms with van der Waals surface area (Å²) in [5, 5.41) is 17.8. The van der Waals surface area contributed by atoms with E-state index in [1.54, 1.807) is 28.7 Å². The molecule has 1 fully saturated rings. The second-order valence-corrected chi connectivity index (χ2v) is 7.33. The Hall–Kier alpha value is -3.42. The molecule has 0 saturated carbocycles. The minimum Gasteiger partial charge on any atom is -0.478 e. The van der Waals surface area contributed by atoms with Gasteiger partial charge in [0.25, 0.3) is 5.91 Å². The molecule has 29 heavy (non-hydrogen) atoms. The first-order chi connectivity index (χ1) is 14.0. The molecule has 0 spiro atoms. The zero-order valence-corrected chi connectivity index (χ0v) is 16.2. The first-order valence-electron chi connectivity index (χ1n) is 9.66. The summed E-state index contributed by atoms with van der Waals surface area (Å²) in [5.74, 6) is -0.986. The topological polar surface area (TPSA) is 93.2 Å². The Morgan fingerprint density at radius 2 is 1.83 bits per heavy atom. The van der Waals surface area contributed by atoms with Gasteiger partial charge in [0, 0.05) is 19.3 Å². The maximum atomic E-state index is 12.8. The highest BCUT2D eigenvalue weighted by molar-refractivity contribution is 5.93. The Morgan fingerprint density at radius 3 is 2.48 bits per heavy atom. The maximum Gasteiger partial charge on any atom is 0.339 e. The number of amides is 1. The molecule has 1 N–H and O–H groups in total. The normalized spacial score (nSPS) is 14.9. The molecule has 0 aliphatic carbocycles. The second-order valence-electron chi connectivity index (χ2n) is 7.33. The number of carbonyl (C=O) groups is 2. The zero-order valence-electron chi connectivity index (χ0n) is 16.2. The molecule has 150 valence electrons. The van der Waals surface area contributed by atoms with Crippen molar-refractivity contribution in [2.45, 2.75) is 32.4 Å². The lowest BCUT2D eigenvalue weighted by atomic mass is 10.0. The standard InChI is InChI=1S/C21H23N5O3/c1-15-19(21(28)29)12-23-26(15)18-7-9-24(10-8-18)20(27)17-11-22-25(14-17)13-16-5-3-2-4-6-16/h2-6,11-12,14,18H,7-10,13H2,1H3,(H,28,29). The van der Waals surface area contributed by atoms with Gasteiger partial charge in [0.15, 0.2) is 0 Å². The molecule has 0 atom stereocenters. The lowest BCUT2D eigenvalue weighted by Crippen LogP contribution is -2.39. The average molecular weight is 393 g/mol. The van der Waals surface area contributed by atoms with Gasteiger partial charge in [-0.25, -0.2) is 4.79 Å². The molecular formula is C21H23N5O3. The molecule has 1 amide bonds. The fourth-order valence-electron chi connectivity index (χ4n) is 3.83. The lowest BCUT2D eigenvalue weighted by Gasteiger charge is -2.32. The number of rotatable bonds is 5. The predicted molar refractivity (Wildman–Crippen MR) is 106 cm³/mol. The van der Waals surface area contributed by atoms with E-state index in [1.807, 2.05) is 35.2 Å². The minimum absolute atomic E-state index is 0.0221. The Kier molecular flexibility index (Phi) is 5.16. The van der Waals surface area contributed by atoms with E-state index in [4.69, 9.17) is 0 Å². The van der Waals surface area contributed by atoms with Crippen LogP contribution in [0.5, 0.6) is 0 Å². The average Bonchev–Trinajstić information content (AvgIpc) is 3.35. The molecule has 1 saturated heterocycles. The number of benzene rings is 1. The molecule has 2 aromatic heterocycles. The van der Waals surface area contributed by atoms with E-state index in [0.717, 1.165) is 18.4 Å². The first kappa shape index (κ1) is 18.9. The molecule has 4 rings (SSSR count). The number of aromatic carboxylic acids is 1. The maximum absolute atomic E-state index is 12.8. The summed E-state index contributed by atoms with van der Waals surface area (Å²) in [6, 6.07) is 10.1. The van der Waals surface area contributed by atoms with E-state index >= 15 is 0 Å². The molecule has 1 aliphatic rings. The van der Waals surface area contributed by atoms with E-state index in [0.29, 0.717) is 30.9 Å². The molecule has 3 heterocycles. The number of carbonyl (C=O) groups excluding carboxylic acids is 1. The van der Waals surface area contributed by atoms with Crippen molar-refractivity contribution in [3.8, 4) is 0 Å². The highest BCUT2D eigenvalue weighted by atomic mass is 16.4. The highest BCUT2D eigenvalue weighted by Gasteiger charge is 2.27. The van der Waals surface area contributed by atoms with E-state index in [1.165, 1.54) is 6.20 Å². The number of hydrogen-bond acceptors (Lipinski definition) is 4. The third-order valence-electron chi connectivity index (χ3n) is 5.44. The van der Waals surface area contributed by atoms with Crippen LogP contribution in [0, 0.1) is 6.92 Å². The van der Waals surface area contributed by atoms with Crippen LogP contribution in [0.15, 0.2) is 48.9 Å². The van der Waals surface area contributed by atoms with Crippen molar-refractivity contribution in [1.29, 1.82) is 0 Å². The van der Waals surface area contributed by atoms with Gasteiger partial charge >= 0.3 is 5.97 Å². The van der Waals surface area contributed by atoms with Crippen molar-refractivity contribution in [1.82, 2.24) is 24.5 Å². The summed E-state index contributed by atoms with van der Waals surface area (Å²) in [5.41, 5.74) is 2.60. The van der Waals surface area contributed by atoms with Gasteiger partial charge in [0.1, 0.15) is 5.56 Å². The summed E-state index contributed by atoms with van der Waals surface area (Å²) in [6.07, 6.45) is 6.29. The molecule has 0 radical (unpaired) electrons. The summed E-state index contributed by atoms with van der Waals surface area (Å²) in [7, 11) is 0. The van der Waals surface area contributed by atoms with E-state index < -0.39 is 5.97 Å². The van der Waals surface area contributed by atoms with Gasteiger partial charge in [0.2, 0.25) is 0 Å². The monoisotopic (exact) mass is 393 g/mol. The number of piperidine rings is 1. The van der Waals surface area contributed by atoms with Crippen LogP contribution in [0.1, 0.15) is 50.9 Å². The number of likely N-dealkylation sites (tertiary alicyclic amines) is 1. The molecule has 1 aliphatic heterocycles. The van der Waals surface area contributed by atoms with Gasteiger partial charge in [-0.2, -0.15) is 10.2 Å². The van der Waals surface area contributed by atoms with E-state index in [-0.39, 0.29) is 17.5 Å². The highest BCUT2D eigenvalue weighted by Crippen LogP contribution is 2.25. The number of aromatic nitrogens is 4. The smallest absolute Gasteiger partial charge is 0.339 e. The van der Waals surface area contributed by atoms with Crippen LogP contribution >= 0.6 is 0 Å². The summed E-state index contributed by atoms with van der Waals surface area (Å²) in [6.45, 7) is 3.61. The van der Waals surface area contributed by atoms with Gasteiger partial charge in [0.05, 0.1) is 36.2 Å². The summed E-state index contributed by atoms with van der Waals surface area (Å²) in [4.78, 5) is 25.9. The fraction of sp³-hybridized carbons (Fsp3) is 0.333. The van der Waals surface area contributed by atoms with Crippen molar-refractivity contribution in [3.63, 3.8) is 0 Å². The Bertz CT molecular complexity index is 1020. The van der Waals surface area contributed by atoms with Gasteiger partial charge < -0.3 is 10.0 Å². The van der Waals surface area contributed by atoms with Gasteiger partial charge in [-0.1, -0.05) is 30.3 Å². The van der Waals surface area contributed by atoms with Crippen molar-refractivity contribution in [2.75, 3.05) is 13.1 Å². The third-order valence-corrected chi connectivity index (χ3v) is 5.44. The fourth-order valence-corrected chi connectivity index (χ4v) is 3.83. The predicted octanol–water partition coefficient (Wildman–Crippen LogP) is 2.61. The Labute approximate surface area is 168 Å². The largest absolute Gasteiger partial charge is 0.478 e. The third kappa shape index (κ3) is 3.91. The lowest BCUT2D eigenvalue weighted by molar-refractivity contribution is 0.0688. The molecule has 3 aromatic rings. The molecule has 8 nitrogen and oxygen atoms in total. The van der Waals surface area contributed by atoms with Gasteiger partial charge in [-0.05, 0) is 25.3 Å². The van der Waals surface area contributed by atoms with Gasteiger partial charge in [-0.3, -0.25) is 14.2 Å². The van der Waals surface area contributed by atoms with E-state index in [9.17, 15) is 14.7 Å². The van der Waals surface area contributed by atoms with Crippen molar-refractivity contribution in [3.05, 3.63) is 71.3 Å². The summed E-state index contributed by atoms with van der Waals surface area (Å²) >= 11 is 0. The molecule has 1 aromatic carbocycles. The van der Waals surface area contributed by atoms with Crippen LogP contribution in [0.3, 0.4) is 0 Å². The van der Waals surface area contributed by atoms with Crippen LogP contribution in [-0.4, -0.2) is 54.5 Å². The molecule has 0 unspecified atom stereocenters. The summed E-state index contributed by atoms with van der Waals surface area (Å²) < 4.78 is 3.55. The van der Waals surface area contributed by atoms with Crippen LogP contribution in [0.4, 0.5) is 0 Å². The van der Waals surface area contributed by atoms with Crippen LogP contribution in [0.2, 0.25) is 0 Å². The van der Waals surface area contributed by atoms with Crippen molar-refractivity contribution in [2.24, 2.45) is 0 Å². The van der Waals surface area contributed by atoms with Crippen LogP contribution in [0.25, 0.3) is 0 Å². The molecule has 0 bridgehead atoms. The van der Waals surface area contributed by atoms with Crippen molar-refractivity contribution >= 4 is 11.9 Å². The molecular weight excluding hydrogens is 370 g/mol. The Morgan fingerprint density at radius 1 is 1.10 bits per heavy atom. The number of nitrogens with zero attached hydrogens (tertiary/aromatic N) is 5. The second kappa shape index (κ2) is 7.90. The number of hydrogen-bond donors (Lipinski definition) is 1. The van der Waals surface area contributed by atoms with Crippen LogP contribution < -0.4 is 0 Å². The van der Waals surface area contributed by atoms with Gasteiger partial charge in [-0.15, -0.1) is 0 Å². The quantitative estimate of drug-likeness (QED) is 0.719. The number of carboxylic acid groups (broad SMARTS) is 1. The van der Waals surface area contributed by atoms with Crippen molar-refractivity contribution < 1.29 is 14.7 Å². The minimum atomic E-state index is -0.964. The SMILES string of the molecule is Cc1c(C(=O)O)cnn1C1CCN(C(=O)c2cnn(Cc3ccccc3)c2)CC1. The number of carboxylic acids is 1. The van der Waals surface area contributed by atoms with E-state index in [2.05, 4.69) is 10.2 Å². The zero-order chi connectivity index (χ0) is 20.4.